The Morgan fingerprint density at radius 2 is 1.51 bits per heavy atom. The van der Waals surface area contributed by atoms with E-state index in [2.05, 4.69) is 16.4 Å². The molecule has 1 saturated heterocycles. The lowest BCUT2D eigenvalue weighted by Gasteiger charge is -2.40. The van der Waals surface area contributed by atoms with E-state index in [1.807, 2.05) is 18.2 Å². The summed E-state index contributed by atoms with van der Waals surface area (Å²) in [6, 6.07) is 16.6. The molecule has 0 unspecified atom stereocenters. The van der Waals surface area contributed by atoms with Gasteiger partial charge in [0.1, 0.15) is 11.0 Å². The van der Waals surface area contributed by atoms with Gasteiger partial charge >= 0.3 is 10.2 Å². The van der Waals surface area contributed by atoms with Crippen LogP contribution >= 0.6 is 10.2 Å². The van der Waals surface area contributed by atoms with Crippen molar-refractivity contribution in [1.82, 2.24) is 9.29 Å². The number of aromatic amines is 1. The SMILES string of the molecule is N#Cc1c[nH]c2ccc(-c3ccc(S(=O)(=O)N4CCC(Nc5ccc(S(F)(F)(F)(F)F)cc5)CC4)cc3)cc12. The summed E-state index contributed by atoms with van der Waals surface area (Å²) in [5, 5.41) is 13.0. The van der Waals surface area contributed by atoms with Crippen molar-refractivity contribution in [2.45, 2.75) is 28.7 Å². The molecule has 0 saturated carbocycles. The molecular formula is C26H23F5N4O2S2. The maximum Gasteiger partial charge on any atom is 0.310 e. The zero-order chi connectivity index (χ0) is 28.1. The molecule has 1 aliphatic heterocycles. The summed E-state index contributed by atoms with van der Waals surface area (Å²) in [4.78, 5) is 1.21. The molecule has 2 N–H and O–H groups in total. The van der Waals surface area contributed by atoms with Gasteiger partial charge in [0, 0.05) is 41.9 Å². The summed E-state index contributed by atoms with van der Waals surface area (Å²) in [7, 11) is -13.5. The number of halogens is 5. The second kappa shape index (κ2) is 8.70. The molecular weight excluding hydrogens is 559 g/mol. The minimum Gasteiger partial charge on any atom is -0.382 e. The van der Waals surface area contributed by atoms with Crippen LogP contribution in [0.3, 0.4) is 0 Å². The number of nitrogens with zero attached hydrogens (tertiary/aromatic N) is 2. The fourth-order valence-electron chi connectivity index (χ4n) is 4.65. The normalized spacial score (nSPS) is 17.3. The number of rotatable bonds is 6. The van der Waals surface area contributed by atoms with Gasteiger partial charge in [-0.05, 0) is 72.5 Å². The molecule has 1 aliphatic rings. The highest BCUT2D eigenvalue weighted by Crippen LogP contribution is 3.02. The Morgan fingerprint density at radius 1 is 0.897 bits per heavy atom. The summed E-state index contributed by atoms with van der Waals surface area (Å²) in [5.41, 5.74) is 3.22. The minimum absolute atomic E-state index is 0.129. The Morgan fingerprint density at radius 3 is 2.10 bits per heavy atom. The predicted molar refractivity (Wildman–Crippen MR) is 142 cm³/mol. The third-order valence-corrected chi connectivity index (χ3v) is 9.83. The molecule has 13 heteroatoms. The fourth-order valence-corrected chi connectivity index (χ4v) is 6.77. The van der Waals surface area contributed by atoms with Crippen LogP contribution in [0.4, 0.5) is 25.1 Å². The van der Waals surface area contributed by atoms with E-state index in [4.69, 9.17) is 0 Å². The van der Waals surface area contributed by atoms with E-state index in [0.29, 0.717) is 30.5 Å². The summed E-state index contributed by atoms with van der Waals surface area (Å²) in [6.45, 7) is 0.374. The lowest BCUT2D eigenvalue weighted by Crippen LogP contribution is -2.42. The molecule has 2 heterocycles. The van der Waals surface area contributed by atoms with Crippen molar-refractivity contribution in [3.63, 3.8) is 0 Å². The van der Waals surface area contributed by atoms with Crippen molar-refractivity contribution in [2.24, 2.45) is 0 Å². The van der Waals surface area contributed by atoms with Gasteiger partial charge in [0.25, 0.3) is 0 Å². The molecule has 0 spiro atoms. The maximum atomic E-state index is 13.2. The summed E-state index contributed by atoms with van der Waals surface area (Å²) in [6.07, 6.45) is 2.41. The van der Waals surface area contributed by atoms with E-state index in [1.165, 1.54) is 16.4 Å². The molecule has 6 nitrogen and oxygen atoms in total. The molecule has 0 aliphatic carbocycles. The zero-order valence-corrected chi connectivity index (χ0v) is 21.9. The monoisotopic (exact) mass is 582 g/mol. The molecule has 4 aromatic rings. The first-order valence-corrected chi connectivity index (χ1v) is 15.3. The Labute approximate surface area is 221 Å². The molecule has 0 atom stereocenters. The summed E-state index contributed by atoms with van der Waals surface area (Å²) in [5.74, 6) is 0. The van der Waals surface area contributed by atoms with Crippen LogP contribution < -0.4 is 5.32 Å². The maximum absolute atomic E-state index is 13.2. The second-order valence-corrected chi connectivity index (χ2v) is 13.8. The largest absolute Gasteiger partial charge is 0.382 e. The number of aromatic nitrogens is 1. The number of nitrogens with one attached hydrogen (secondary N) is 2. The number of anilines is 1. The third-order valence-electron chi connectivity index (χ3n) is 6.75. The standard InChI is InChI=1S/C26H23F5N4O2S2/c27-39(28,29,30,31)24-8-4-21(5-9-24)34-22-11-13-35(14-12-22)38(36,37)23-6-1-18(2-7-23)19-3-10-26-25(15-19)20(16-32)17-33-26/h1-10,15,17,22,33-34H,11-14H2. The minimum atomic E-state index is -9.73. The van der Waals surface area contributed by atoms with Crippen LogP contribution in [0.1, 0.15) is 18.4 Å². The molecule has 1 fully saturated rings. The Hall–Kier alpha value is -3.60. The van der Waals surface area contributed by atoms with Crippen LogP contribution in [0.2, 0.25) is 0 Å². The van der Waals surface area contributed by atoms with Crippen LogP contribution in [0.15, 0.2) is 82.7 Å². The lowest BCUT2D eigenvalue weighted by atomic mass is 10.0. The highest BCUT2D eigenvalue weighted by molar-refractivity contribution is 8.45. The molecule has 1 aromatic heterocycles. The van der Waals surface area contributed by atoms with Crippen LogP contribution in [0.25, 0.3) is 22.0 Å². The van der Waals surface area contributed by atoms with Crippen molar-refractivity contribution in [2.75, 3.05) is 18.4 Å². The summed E-state index contributed by atoms with van der Waals surface area (Å²) < 4.78 is 92.4. The number of piperidine rings is 1. The van der Waals surface area contributed by atoms with Gasteiger partial charge in [0.05, 0.1) is 10.5 Å². The number of nitriles is 1. The van der Waals surface area contributed by atoms with Crippen LogP contribution in [-0.2, 0) is 10.0 Å². The van der Waals surface area contributed by atoms with Crippen molar-refractivity contribution in [1.29, 1.82) is 5.26 Å². The van der Waals surface area contributed by atoms with E-state index in [-0.39, 0.29) is 29.7 Å². The zero-order valence-electron chi connectivity index (χ0n) is 20.3. The molecule has 0 radical (unpaired) electrons. The number of benzene rings is 3. The first-order chi connectivity index (χ1) is 18.1. The smallest absolute Gasteiger partial charge is 0.310 e. The fraction of sp³-hybridized carbons (Fsp3) is 0.192. The Bertz CT molecular complexity index is 1690. The van der Waals surface area contributed by atoms with Crippen molar-refractivity contribution in [3.05, 3.63) is 78.5 Å². The molecule has 3 aromatic carbocycles. The topological polar surface area (TPSA) is 89.0 Å². The van der Waals surface area contributed by atoms with Crippen molar-refractivity contribution in [3.8, 4) is 17.2 Å². The van der Waals surface area contributed by atoms with E-state index in [9.17, 15) is 33.1 Å². The first-order valence-electron chi connectivity index (χ1n) is 11.9. The molecule has 39 heavy (non-hydrogen) atoms. The number of H-pyrrole nitrogens is 1. The quantitative estimate of drug-likeness (QED) is 0.229. The van der Waals surface area contributed by atoms with Gasteiger partial charge in [0.2, 0.25) is 10.0 Å². The van der Waals surface area contributed by atoms with Gasteiger partial charge in [0.15, 0.2) is 0 Å². The van der Waals surface area contributed by atoms with E-state index in [1.54, 1.807) is 18.3 Å². The van der Waals surface area contributed by atoms with Gasteiger partial charge in [-0.3, -0.25) is 0 Å². The summed E-state index contributed by atoms with van der Waals surface area (Å²) >= 11 is 0. The highest BCUT2D eigenvalue weighted by Gasteiger charge is 2.65. The molecule has 5 rings (SSSR count). The highest BCUT2D eigenvalue weighted by atomic mass is 32.5. The van der Waals surface area contributed by atoms with Gasteiger partial charge in [-0.1, -0.05) is 37.6 Å². The first kappa shape index (κ1) is 27.0. The van der Waals surface area contributed by atoms with Gasteiger partial charge < -0.3 is 10.3 Å². The lowest BCUT2D eigenvalue weighted by molar-refractivity contribution is 0.330. The van der Waals surface area contributed by atoms with Crippen LogP contribution in [-0.4, -0.2) is 36.8 Å². The van der Waals surface area contributed by atoms with Gasteiger partial charge in [-0.15, -0.1) is 0 Å². The molecule has 206 valence electrons. The second-order valence-electron chi connectivity index (χ2n) is 9.41. The van der Waals surface area contributed by atoms with Gasteiger partial charge in [-0.2, -0.15) is 9.57 Å². The van der Waals surface area contributed by atoms with E-state index in [0.717, 1.165) is 34.2 Å². The van der Waals surface area contributed by atoms with E-state index < -0.39 is 25.1 Å². The number of sulfonamides is 1. The van der Waals surface area contributed by atoms with Crippen molar-refractivity contribution < 1.29 is 27.8 Å². The third kappa shape index (κ3) is 5.59. The van der Waals surface area contributed by atoms with Crippen LogP contribution in [0, 0.1) is 11.3 Å². The van der Waals surface area contributed by atoms with E-state index >= 15 is 0 Å². The predicted octanol–water partition coefficient (Wildman–Crippen LogP) is 7.63. The average Bonchev–Trinajstić information content (AvgIpc) is 3.30. The Kier molecular flexibility index (Phi) is 6.02. The van der Waals surface area contributed by atoms with Gasteiger partial charge in [-0.25, -0.2) is 8.42 Å². The number of hydrogen-bond donors (Lipinski definition) is 2. The number of hydrogen-bond acceptors (Lipinski definition) is 4. The average molecular weight is 583 g/mol. The van der Waals surface area contributed by atoms with Crippen LogP contribution in [0.5, 0.6) is 0 Å². The Balaban J connectivity index is 1.23. The van der Waals surface area contributed by atoms with Crippen molar-refractivity contribution >= 4 is 36.8 Å². The number of fused-ring (bicyclic) bond motifs is 1. The molecule has 0 amide bonds. The molecule has 0 bridgehead atoms.